The number of tetrazole rings is 1. The number of aromatic carboxylic acids is 1. The zero-order chi connectivity index (χ0) is 25.3. The quantitative estimate of drug-likeness (QED) is 0.535. The molecule has 0 aliphatic heterocycles. The van der Waals surface area contributed by atoms with Gasteiger partial charge in [-0.3, -0.25) is 4.79 Å². The van der Waals surface area contributed by atoms with Crippen LogP contribution in [0.4, 0.5) is 5.69 Å². The van der Waals surface area contributed by atoms with E-state index < -0.39 is 5.97 Å². The summed E-state index contributed by atoms with van der Waals surface area (Å²) in [6, 6.07) is 1.99. The van der Waals surface area contributed by atoms with Gasteiger partial charge in [0.2, 0.25) is 11.1 Å². The van der Waals surface area contributed by atoms with E-state index in [1.165, 1.54) is 11.3 Å². The van der Waals surface area contributed by atoms with Crippen LogP contribution in [0.3, 0.4) is 0 Å². The minimum Gasteiger partial charge on any atom is -0.477 e. The first-order valence-corrected chi connectivity index (χ1v) is 14.3. The molecule has 2 heterocycles. The molecule has 8 nitrogen and oxygen atoms in total. The first-order chi connectivity index (χ1) is 16.5. The number of amides is 1. The van der Waals surface area contributed by atoms with Gasteiger partial charge in [0.15, 0.2) is 0 Å². The third-order valence-corrected chi connectivity index (χ3v) is 10.3. The SMILES string of the molecule is Cn1nnnc1S[C@H]1CC[C@H](N(c2cc(C(C)(C)C)sc2C(=O)O)C(=O)[C@H]2CC[C@H](C)CC2)CC1. The molecule has 2 fully saturated rings. The Hall–Kier alpha value is -1.94. The second kappa shape index (κ2) is 10.6. The number of aromatic nitrogens is 4. The van der Waals surface area contributed by atoms with Crippen molar-refractivity contribution in [3.8, 4) is 0 Å². The predicted molar refractivity (Wildman–Crippen MR) is 139 cm³/mol. The van der Waals surface area contributed by atoms with E-state index >= 15 is 0 Å². The number of carbonyl (C=O) groups excluding carboxylic acids is 1. The lowest BCUT2D eigenvalue weighted by Gasteiger charge is -2.39. The molecular weight excluding hydrogens is 482 g/mol. The maximum Gasteiger partial charge on any atom is 0.348 e. The maximum atomic E-state index is 14.0. The Morgan fingerprint density at radius 2 is 1.77 bits per heavy atom. The first-order valence-electron chi connectivity index (χ1n) is 12.6. The summed E-state index contributed by atoms with van der Waals surface area (Å²) in [5, 5.41) is 23.0. The lowest BCUT2D eigenvalue weighted by molar-refractivity contribution is -0.124. The molecule has 2 aliphatic carbocycles. The lowest BCUT2D eigenvalue weighted by atomic mass is 9.81. The van der Waals surface area contributed by atoms with E-state index in [1.807, 2.05) is 18.0 Å². The zero-order valence-electron chi connectivity index (χ0n) is 21.4. The van der Waals surface area contributed by atoms with Crippen molar-refractivity contribution in [1.82, 2.24) is 20.2 Å². The number of thiophene rings is 1. The van der Waals surface area contributed by atoms with Crippen molar-refractivity contribution < 1.29 is 14.7 Å². The van der Waals surface area contributed by atoms with Crippen LogP contribution in [0.1, 0.15) is 93.6 Å². The van der Waals surface area contributed by atoms with Gasteiger partial charge >= 0.3 is 5.97 Å². The number of rotatable bonds is 6. The van der Waals surface area contributed by atoms with Gasteiger partial charge in [-0.1, -0.05) is 39.5 Å². The van der Waals surface area contributed by atoms with Crippen LogP contribution in [0.25, 0.3) is 0 Å². The zero-order valence-corrected chi connectivity index (χ0v) is 23.0. The fourth-order valence-corrected chi connectivity index (χ4v) is 7.30. The molecule has 0 atom stereocenters. The Kier molecular flexibility index (Phi) is 7.90. The fourth-order valence-electron chi connectivity index (χ4n) is 5.17. The van der Waals surface area contributed by atoms with Crippen molar-refractivity contribution in [3.63, 3.8) is 0 Å². The fraction of sp³-hybridized carbons (Fsp3) is 0.720. The molecular formula is C25H37N5O3S2. The number of carboxylic acids is 1. The van der Waals surface area contributed by atoms with E-state index in [4.69, 9.17) is 0 Å². The van der Waals surface area contributed by atoms with E-state index in [0.29, 0.717) is 16.9 Å². The number of carboxylic acid groups (broad SMARTS) is 1. The highest BCUT2D eigenvalue weighted by Gasteiger charge is 2.38. The molecule has 0 radical (unpaired) electrons. The topological polar surface area (TPSA) is 101 Å². The third kappa shape index (κ3) is 5.90. The lowest BCUT2D eigenvalue weighted by Crippen LogP contribution is -2.46. The molecule has 10 heteroatoms. The Morgan fingerprint density at radius 3 is 2.31 bits per heavy atom. The standard InChI is InChI=1S/C25H37N5O3S2/c1-15-6-8-16(9-7-15)22(31)30(19-14-20(25(2,3)4)35-21(19)23(32)33)17-10-12-18(13-11-17)34-24-26-27-28-29(24)5/h14-18H,6-13H2,1-5H3,(H,32,33)/t15-,16-,17-,18-. The molecule has 2 aromatic heterocycles. The van der Waals surface area contributed by atoms with Crippen LogP contribution < -0.4 is 4.90 Å². The number of aryl methyl sites for hydroxylation is 1. The molecule has 192 valence electrons. The predicted octanol–water partition coefficient (Wildman–Crippen LogP) is 5.53. The summed E-state index contributed by atoms with van der Waals surface area (Å²) in [7, 11) is 1.84. The number of thioether (sulfide) groups is 1. The molecule has 35 heavy (non-hydrogen) atoms. The summed E-state index contributed by atoms with van der Waals surface area (Å²) in [4.78, 5) is 29.5. The number of hydrogen-bond donors (Lipinski definition) is 1. The molecule has 2 saturated carbocycles. The van der Waals surface area contributed by atoms with Crippen LogP contribution in [0.2, 0.25) is 0 Å². The highest BCUT2D eigenvalue weighted by Crippen LogP contribution is 2.43. The first kappa shape index (κ1) is 26.1. The average Bonchev–Trinajstić information content (AvgIpc) is 3.42. The van der Waals surface area contributed by atoms with E-state index in [2.05, 4.69) is 43.2 Å². The van der Waals surface area contributed by atoms with Gasteiger partial charge in [0.05, 0.1) is 5.69 Å². The Morgan fingerprint density at radius 1 is 1.11 bits per heavy atom. The second-order valence-corrected chi connectivity index (χ2v) is 13.5. The summed E-state index contributed by atoms with van der Waals surface area (Å²) >= 11 is 3.00. The van der Waals surface area contributed by atoms with Gasteiger partial charge in [0.1, 0.15) is 4.88 Å². The van der Waals surface area contributed by atoms with Gasteiger partial charge in [0.25, 0.3) is 0 Å². The normalized spacial score (nSPS) is 25.4. The van der Waals surface area contributed by atoms with Gasteiger partial charge in [-0.15, -0.1) is 16.4 Å². The Balaban J connectivity index is 1.61. The largest absolute Gasteiger partial charge is 0.477 e. The van der Waals surface area contributed by atoms with Crippen LogP contribution >= 0.6 is 23.1 Å². The summed E-state index contributed by atoms with van der Waals surface area (Å²) in [6.07, 6.45) is 7.46. The number of carbonyl (C=O) groups is 2. The number of nitrogens with zero attached hydrogens (tertiary/aromatic N) is 5. The van der Waals surface area contributed by atoms with Crippen LogP contribution in [0.5, 0.6) is 0 Å². The van der Waals surface area contributed by atoms with E-state index in [0.717, 1.165) is 61.4 Å². The van der Waals surface area contributed by atoms with Crippen LogP contribution in [0.15, 0.2) is 11.2 Å². The summed E-state index contributed by atoms with van der Waals surface area (Å²) in [5.74, 6) is -0.207. The molecule has 0 aromatic carbocycles. The summed E-state index contributed by atoms with van der Waals surface area (Å²) in [6.45, 7) is 8.52. The maximum absolute atomic E-state index is 14.0. The van der Waals surface area contributed by atoms with Gasteiger partial charge < -0.3 is 10.0 Å². The van der Waals surface area contributed by atoms with Gasteiger partial charge in [0, 0.05) is 29.1 Å². The molecule has 0 bridgehead atoms. The minimum atomic E-state index is -0.949. The Labute approximate surface area is 215 Å². The molecule has 0 saturated heterocycles. The van der Waals surface area contributed by atoms with Crippen molar-refractivity contribution in [2.24, 2.45) is 18.9 Å². The molecule has 0 spiro atoms. The van der Waals surface area contributed by atoms with E-state index in [-0.39, 0.29) is 28.2 Å². The summed E-state index contributed by atoms with van der Waals surface area (Å²) in [5.41, 5.74) is 0.422. The highest BCUT2D eigenvalue weighted by atomic mass is 32.2. The second-order valence-electron chi connectivity index (χ2n) is 11.2. The highest BCUT2D eigenvalue weighted by molar-refractivity contribution is 7.99. The van der Waals surface area contributed by atoms with Crippen LogP contribution in [-0.2, 0) is 17.3 Å². The molecule has 0 unspecified atom stereocenters. The molecule has 2 aliphatic rings. The monoisotopic (exact) mass is 519 g/mol. The van der Waals surface area contributed by atoms with Crippen molar-refractivity contribution in [2.45, 2.75) is 101 Å². The van der Waals surface area contributed by atoms with Gasteiger partial charge in [-0.05, 0) is 79.2 Å². The van der Waals surface area contributed by atoms with E-state index in [9.17, 15) is 14.7 Å². The summed E-state index contributed by atoms with van der Waals surface area (Å²) < 4.78 is 1.69. The van der Waals surface area contributed by atoms with Crippen LogP contribution in [-0.4, -0.2) is 48.5 Å². The third-order valence-electron chi connectivity index (χ3n) is 7.37. The van der Waals surface area contributed by atoms with Gasteiger partial charge in [-0.25, -0.2) is 9.48 Å². The molecule has 2 aromatic rings. The minimum absolute atomic E-state index is 0.0110. The number of anilines is 1. The van der Waals surface area contributed by atoms with Crippen molar-refractivity contribution >= 4 is 40.7 Å². The molecule has 1 N–H and O–H groups in total. The van der Waals surface area contributed by atoms with Crippen molar-refractivity contribution in [2.75, 3.05) is 4.90 Å². The Bertz CT molecular complexity index is 1040. The smallest absolute Gasteiger partial charge is 0.348 e. The molecule has 4 rings (SSSR count). The van der Waals surface area contributed by atoms with Crippen molar-refractivity contribution in [1.29, 1.82) is 0 Å². The number of hydrogen-bond acceptors (Lipinski definition) is 7. The van der Waals surface area contributed by atoms with E-state index in [1.54, 1.807) is 16.4 Å². The molecule has 1 amide bonds. The van der Waals surface area contributed by atoms with Crippen molar-refractivity contribution in [3.05, 3.63) is 15.8 Å². The average molecular weight is 520 g/mol. The van der Waals surface area contributed by atoms with Crippen LogP contribution in [0, 0.1) is 11.8 Å². The van der Waals surface area contributed by atoms with Gasteiger partial charge in [-0.2, -0.15) is 0 Å².